The maximum Gasteiger partial charge on any atom is 0.122 e. The molecule has 0 spiro atoms. The van der Waals surface area contributed by atoms with Crippen molar-refractivity contribution < 1.29 is 4.74 Å². The van der Waals surface area contributed by atoms with Gasteiger partial charge in [-0.05, 0) is 47.8 Å². The van der Waals surface area contributed by atoms with Gasteiger partial charge in [-0.2, -0.15) is 0 Å². The molecule has 2 heteroatoms. The van der Waals surface area contributed by atoms with Gasteiger partial charge in [0.25, 0.3) is 0 Å². The largest absolute Gasteiger partial charge is 0.493 e. The molecule has 2 atom stereocenters. The van der Waals surface area contributed by atoms with Crippen LogP contribution in [0.1, 0.15) is 63.5 Å². The molecule has 21 heavy (non-hydrogen) atoms. The highest BCUT2D eigenvalue weighted by atomic mass is 16.5. The second-order valence-electron chi connectivity index (χ2n) is 7.62. The summed E-state index contributed by atoms with van der Waals surface area (Å²) in [5.74, 6) is 1.78. The van der Waals surface area contributed by atoms with Crippen molar-refractivity contribution in [1.29, 1.82) is 0 Å². The maximum absolute atomic E-state index is 5.61. The van der Waals surface area contributed by atoms with Crippen molar-refractivity contribution in [1.82, 2.24) is 5.32 Å². The van der Waals surface area contributed by atoms with Crippen LogP contribution in [0.25, 0.3) is 0 Å². The topological polar surface area (TPSA) is 21.3 Å². The van der Waals surface area contributed by atoms with Crippen LogP contribution in [0, 0.1) is 5.41 Å². The van der Waals surface area contributed by atoms with Crippen LogP contribution < -0.4 is 10.1 Å². The molecule has 2 aliphatic heterocycles. The third-order valence-electron chi connectivity index (χ3n) is 5.13. The Morgan fingerprint density at radius 2 is 2.19 bits per heavy atom. The third-order valence-corrected chi connectivity index (χ3v) is 5.13. The van der Waals surface area contributed by atoms with Crippen LogP contribution in [0.15, 0.2) is 18.2 Å². The van der Waals surface area contributed by atoms with E-state index in [0.29, 0.717) is 17.4 Å². The van der Waals surface area contributed by atoms with Crippen molar-refractivity contribution >= 4 is 0 Å². The van der Waals surface area contributed by atoms with Gasteiger partial charge < -0.3 is 10.1 Å². The number of hydrogen-bond donors (Lipinski definition) is 1. The van der Waals surface area contributed by atoms with Gasteiger partial charge in [0, 0.05) is 19.0 Å². The van der Waals surface area contributed by atoms with Gasteiger partial charge in [-0.3, -0.25) is 0 Å². The minimum absolute atomic E-state index is 0.465. The van der Waals surface area contributed by atoms with Crippen LogP contribution in [-0.4, -0.2) is 19.2 Å². The van der Waals surface area contributed by atoms with Crippen LogP contribution >= 0.6 is 0 Å². The Bertz CT molecular complexity index is 494. The van der Waals surface area contributed by atoms with Crippen molar-refractivity contribution in [3.05, 3.63) is 29.3 Å². The van der Waals surface area contributed by atoms with Crippen molar-refractivity contribution in [3.8, 4) is 5.75 Å². The second-order valence-corrected chi connectivity index (χ2v) is 7.62. The summed E-state index contributed by atoms with van der Waals surface area (Å²) in [4.78, 5) is 0. The van der Waals surface area contributed by atoms with Crippen molar-refractivity contribution in [2.75, 3.05) is 13.2 Å². The van der Waals surface area contributed by atoms with Gasteiger partial charge in [-0.1, -0.05) is 39.3 Å². The molecule has 1 aromatic carbocycles. The molecule has 0 amide bonds. The minimum atomic E-state index is 0.465. The highest BCUT2D eigenvalue weighted by Crippen LogP contribution is 2.36. The number of ether oxygens (including phenoxy) is 1. The van der Waals surface area contributed by atoms with Crippen LogP contribution in [0.5, 0.6) is 5.75 Å². The summed E-state index contributed by atoms with van der Waals surface area (Å²) >= 11 is 0. The Morgan fingerprint density at radius 1 is 1.33 bits per heavy atom. The second kappa shape index (κ2) is 6.00. The molecule has 2 unspecified atom stereocenters. The van der Waals surface area contributed by atoms with Crippen molar-refractivity contribution in [2.45, 2.75) is 64.8 Å². The first kappa shape index (κ1) is 14.9. The highest BCUT2D eigenvalue weighted by Gasteiger charge is 2.30. The predicted molar refractivity (Wildman–Crippen MR) is 88.1 cm³/mol. The van der Waals surface area contributed by atoms with E-state index in [1.54, 1.807) is 0 Å². The van der Waals surface area contributed by atoms with E-state index in [1.807, 2.05) is 0 Å². The zero-order valence-electron chi connectivity index (χ0n) is 13.7. The van der Waals surface area contributed by atoms with Gasteiger partial charge >= 0.3 is 0 Å². The third kappa shape index (κ3) is 3.42. The van der Waals surface area contributed by atoms with E-state index in [0.717, 1.165) is 25.3 Å². The van der Waals surface area contributed by atoms with Gasteiger partial charge in [0.2, 0.25) is 0 Å². The molecule has 1 aromatic rings. The molecular formula is C19H29NO. The van der Waals surface area contributed by atoms with E-state index in [-0.39, 0.29) is 0 Å². The quantitative estimate of drug-likeness (QED) is 0.872. The molecule has 2 heterocycles. The molecule has 2 nitrogen and oxygen atoms in total. The van der Waals surface area contributed by atoms with Crippen LogP contribution in [-0.2, 0) is 6.42 Å². The Kier molecular flexibility index (Phi) is 4.26. The van der Waals surface area contributed by atoms with Gasteiger partial charge in [0.05, 0.1) is 6.61 Å². The summed E-state index contributed by atoms with van der Waals surface area (Å²) < 4.78 is 5.61. The zero-order valence-corrected chi connectivity index (χ0v) is 13.7. The molecule has 1 N–H and O–H groups in total. The lowest BCUT2D eigenvalue weighted by Crippen LogP contribution is -2.28. The molecule has 116 valence electrons. The first-order valence-corrected chi connectivity index (χ1v) is 8.56. The number of hydrogen-bond acceptors (Lipinski definition) is 2. The molecular weight excluding hydrogens is 258 g/mol. The molecule has 2 aliphatic rings. The zero-order chi connectivity index (χ0) is 14.9. The van der Waals surface area contributed by atoms with E-state index < -0.39 is 0 Å². The fraction of sp³-hybridized carbons (Fsp3) is 0.684. The van der Waals surface area contributed by atoms with Crippen LogP contribution in [0.2, 0.25) is 0 Å². The van der Waals surface area contributed by atoms with Gasteiger partial charge in [0.1, 0.15) is 5.75 Å². The fourth-order valence-corrected chi connectivity index (χ4v) is 4.13. The predicted octanol–water partition coefficient (Wildman–Crippen LogP) is 4.28. The number of nitrogens with one attached hydrogen (secondary N) is 1. The Balaban J connectivity index is 1.62. The first-order chi connectivity index (χ1) is 10.1. The summed E-state index contributed by atoms with van der Waals surface area (Å²) in [5.41, 5.74) is 3.37. The van der Waals surface area contributed by atoms with E-state index in [4.69, 9.17) is 4.74 Å². The normalized spacial score (nSPS) is 24.9. The summed E-state index contributed by atoms with van der Waals surface area (Å²) in [6.45, 7) is 9.11. The molecule has 0 aliphatic carbocycles. The molecule has 1 saturated heterocycles. The summed E-state index contributed by atoms with van der Waals surface area (Å²) in [6.07, 6.45) is 6.27. The van der Waals surface area contributed by atoms with Gasteiger partial charge in [-0.25, -0.2) is 0 Å². The van der Waals surface area contributed by atoms with E-state index in [2.05, 4.69) is 44.3 Å². The summed E-state index contributed by atoms with van der Waals surface area (Å²) in [6, 6.07) is 7.51. The lowest BCUT2D eigenvalue weighted by Gasteiger charge is -2.27. The van der Waals surface area contributed by atoms with Gasteiger partial charge in [0.15, 0.2) is 0 Å². The Labute approximate surface area is 129 Å². The van der Waals surface area contributed by atoms with E-state index in [9.17, 15) is 0 Å². The molecule has 0 bridgehead atoms. The van der Waals surface area contributed by atoms with Crippen molar-refractivity contribution in [3.63, 3.8) is 0 Å². The monoisotopic (exact) mass is 287 g/mol. The van der Waals surface area contributed by atoms with E-state index >= 15 is 0 Å². The Hall–Kier alpha value is -1.02. The standard InChI is InChI=1S/C19H29NO/c1-4-8-19(2,3)12-17-11-16(13-20-17)14-5-6-18-15(10-14)7-9-21-18/h5-6,10,16-17,20H,4,7-9,11-13H2,1-3H3. The number of benzene rings is 1. The summed E-state index contributed by atoms with van der Waals surface area (Å²) in [7, 11) is 0. The summed E-state index contributed by atoms with van der Waals surface area (Å²) in [5, 5.41) is 3.76. The number of rotatable bonds is 5. The molecule has 0 radical (unpaired) electrons. The lowest BCUT2D eigenvalue weighted by atomic mass is 9.80. The van der Waals surface area contributed by atoms with E-state index in [1.165, 1.54) is 36.8 Å². The average molecular weight is 287 g/mol. The van der Waals surface area contributed by atoms with Crippen LogP contribution in [0.3, 0.4) is 0 Å². The molecule has 0 saturated carbocycles. The van der Waals surface area contributed by atoms with Gasteiger partial charge in [-0.15, -0.1) is 0 Å². The average Bonchev–Trinajstić information content (AvgIpc) is 3.05. The highest BCUT2D eigenvalue weighted by molar-refractivity contribution is 5.41. The fourth-order valence-electron chi connectivity index (χ4n) is 4.13. The lowest BCUT2D eigenvalue weighted by molar-refractivity contribution is 0.268. The maximum atomic E-state index is 5.61. The molecule has 3 rings (SSSR count). The minimum Gasteiger partial charge on any atom is -0.493 e. The molecule has 1 fully saturated rings. The first-order valence-electron chi connectivity index (χ1n) is 8.56. The molecule has 0 aromatic heterocycles. The van der Waals surface area contributed by atoms with Crippen LogP contribution in [0.4, 0.5) is 0 Å². The van der Waals surface area contributed by atoms with Crippen molar-refractivity contribution in [2.24, 2.45) is 5.41 Å². The number of fused-ring (bicyclic) bond motifs is 1. The smallest absolute Gasteiger partial charge is 0.122 e. The SMILES string of the molecule is CCCC(C)(C)CC1CC(c2ccc3c(c2)CCO3)CN1. The Morgan fingerprint density at radius 3 is 3.00 bits per heavy atom.